The number of hydrogen-bond donors (Lipinski definition) is 4. The minimum atomic E-state index is -0.998. The summed E-state index contributed by atoms with van der Waals surface area (Å²) in [6.07, 6.45) is 3.35. The summed E-state index contributed by atoms with van der Waals surface area (Å²) in [5.41, 5.74) is 13.7. The zero-order chi connectivity index (χ0) is 14.5. The molecular formula is C14H19N3O3. The lowest BCUT2D eigenvalue weighted by Crippen LogP contribution is -2.22. The second-order valence-electron chi connectivity index (χ2n) is 4.74. The first-order valence-corrected chi connectivity index (χ1v) is 6.51. The lowest BCUT2D eigenvalue weighted by molar-refractivity contribution is 0.0696. The van der Waals surface area contributed by atoms with Crippen molar-refractivity contribution in [3.05, 3.63) is 35.7 Å². The van der Waals surface area contributed by atoms with Crippen LogP contribution in [0.5, 0.6) is 0 Å². The lowest BCUT2D eigenvalue weighted by atomic mass is 9.96. The lowest BCUT2D eigenvalue weighted by Gasteiger charge is -2.25. The van der Waals surface area contributed by atoms with Crippen molar-refractivity contribution in [3.63, 3.8) is 0 Å². The maximum absolute atomic E-state index is 10.9. The number of carboxylic acid groups (broad SMARTS) is 1. The standard InChI is InChI=1S/C14H19N3O3/c15-8-13(9-3-5-20-6-4-9)17-12-2-1-10(14(18)19)7-11(12)16/h1-2,7-9,17H,3-6,15-16H2,(H,18,19)/b13-8-. The Labute approximate surface area is 117 Å². The molecule has 0 bridgehead atoms. The van der Waals surface area contributed by atoms with Gasteiger partial charge in [-0.3, -0.25) is 0 Å². The molecule has 0 unspecified atom stereocenters. The predicted molar refractivity (Wildman–Crippen MR) is 77.2 cm³/mol. The zero-order valence-corrected chi connectivity index (χ0v) is 11.1. The van der Waals surface area contributed by atoms with Crippen molar-refractivity contribution in [2.75, 3.05) is 24.3 Å². The van der Waals surface area contributed by atoms with Gasteiger partial charge in [-0.25, -0.2) is 4.79 Å². The largest absolute Gasteiger partial charge is 0.478 e. The van der Waals surface area contributed by atoms with Gasteiger partial charge in [0, 0.05) is 31.0 Å². The summed E-state index contributed by atoms with van der Waals surface area (Å²) in [4.78, 5) is 10.9. The molecular weight excluding hydrogens is 258 g/mol. The number of carbonyl (C=O) groups is 1. The summed E-state index contributed by atoms with van der Waals surface area (Å²) < 4.78 is 5.32. The Balaban J connectivity index is 2.13. The van der Waals surface area contributed by atoms with Crippen LogP contribution in [0, 0.1) is 5.92 Å². The van der Waals surface area contributed by atoms with Gasteiger partial charge in [0.2, 0.25) is 0 Å². The van der Waals surface area contributed by atoms with E-state index in [0.29, 0.717) is 17.3 Å². The highest BCUT2D eigenvalue weighted by atomic mass is 16.5. The van der Waals surface area contributed by atoms with E-state index in [-0.39, 0.29) is 5.56 Å². The van der Waals surface area contributed by atoms with Gasteiger partial charge in [-0.05, 0) is 31.0 Å². The van der Waals surface area contributed by atoms with Crippen LogP contribution in [0.4, 0.5) is 11.4 Å². The first-order valence-electron chi connectivity index (χ1n) is 6.51. The van der Waals surface area contributed by atoms with E-state index >= 15 is 0 Å². The molecule has 6 heteroatoms. The van der Waals surface area contributed by atoms with Gasteiger partial charge >= 0.3 is 5.97 Å². The molecule has 1 aromatic rings. The number of rotatable bonds is 4. The van der Waals surface area contributed by atoms with Gasteiger partial charge in [-0.15, -0.1) is 0 Å². The van der Waals surface area contributed by atoms with Crippen LogP contribution in [-0.4, -0.2) is 24.3 Å². The second kappa shape index (κ2) is 6.29. The van der Waals surface area contributed by atoms with Gasteiger partial charge in [0.25, 0.3) is 0 Å². The maximum atomic E-state index is 10.9. The topological polar surface area (TPSA) is 111 Å². The Morgan fingerprint density at radius 2 is 2.10 bits per heavy atom. The van der Waals surface area contributed by atoms with Crippen LogP contribution in [0.2, 0.25) is 0 Å². The van der Waals surface area contributed by atoms with Crippen LogP contribution >= 0.6 is 0 Å². The third-order valence-electron chi connectivity index (χ3n) is 3.42. The Hall–Kier alpha value is -2.21. The fraction of sp³-hybridized carbons (Fsp3) is 0.357. The highest BCUT2D eigenvalue weighted by Gasteiger charge is 2.19. The number of nitrogens with two attached hydrogens (primary N) is 2. The van der Waals surface area contributed by atoms with E-state index in [0.717, 1.165) is 31.8 Å². The maximum Gasteiger partial charge on any atom is 0.335 e. The van der Waals surface area contributed by atoms with Crippen molar-refractivity contribution >= 4 is 17.3 Å². The zero-order valence-electron chi connectivity index (χ0n) is 11.1. The van der Waals surface area contributed by atoms with Gasteiger partial charge < -0.3 is 26.6 Å². The Kier molecular flexibility index (Phi) is 4.47. The molecule has 1 saturated heterocycles. The van der Waals surface area contributed by atoms with Crippen LogP contribution in [0.1, 0.15) is 23.2 Å². The quantitative estimate of drug-likeness (QED) is 0.622. The Morgan fingerprint density at radius 1 is 1.40 bits per heavy atom. The molecule has 0 amide bonds. The summed E-state index contributed by atoms with van der Waals surface area (Å²) in [7, 11) is 0. The third kappa shape index (κ3) is 3.21. The van der Waals surface area contributed by atoms with Gasteiger partial charge in [0.15, 0.2) is 0 Å². The van der Waals surface area contributed by atoms with Crippen molar-refractivity contribution in [1.29, 1.82) is 0 Å². The average Bonchev–Trinajstić information content (AvgIpc) is 2.46. The van der Waals surface area contributed by atoms with Crippen molar-refractivity contribution in [3.8, 4) is 0 Å². The Bertz CT molecular complexity index is 522. The van der Waals surface area contributed by atoms with Crippen molar-refractivity contribution in [2.45, 2.75) is 12.8 Å². The number of allylic oxidation sites excluding steroid dienone is 1. The minimum Gasteiger partial charge on any atom is -0.478 e. The molecule has 1 heterocycles. The molecule has 6 nitrogen and oxygen atoms in total. The third-order valence-corrected chi connectivity index (χ3v) is 3.42. The summed E-state index contributed by atoms with van der Waals surface area (Å²) in [6, 6.07) is 4.60. The van der Waals surface area contributed by atoms with E-state index in [1.807, 2.05) is 0 Å². The molecule has 0 spiro atoms. The van der Waals surface area contributed by atoms with Gasteiger partial charge in [-0.1, -0.05) is 0 Å². The first kappa shape index (κ1) is 14.2. The number of anilines is 2. The van der Waals surface area contributed by atoms with Crippen molar-refractivity contribution in [1.82, 2.24) is 0 Å². The van der Waals surface area contributed by atoms with Crippen LogP contribution in [-0.2, 0) is 4.74 Å². The molecule has 6 N–H and O–H groups in total. The highest BCUT2D eigenvalue weighted by Crippen LogP contribution is 2.27. The predicted octanol–water partition coefficient (Wildman–Crippen LogP) is 1.61. The number of benzene rings is 1. The number of ether oxygens (including phenoxy) is 1. The van der Waals surface area contributed by atoms with E-state index in [1.54, 1.807) is 12.3 Å². The number of carboxylic acids is 1. The molecule has 1 aromatic carbocycles. The molecule has 0 aromatic heterocycles. The molecule has 108 valence electrons. The summed E-state index contributed by atoms with van der Waals surface area (Å²) >= 11 is 0. The molecule has 2 rings (SSSR count). The molecule has 1 aliphatic rings. The van der Waals surface area contributed by atoms with Crippen LogP contribution in [0.15, 0.2) is 30.1 Å². The minimum absolute atomic E-state index is 0.164. The van der Waals surface area contributed by atoms with Crippen molar-refractivity contribution < 1.29 is 14.6 Å². The van der Waals surface area contributed by atoms with E-state index in [1.165, 1.54) is 12.1 Å². The van der Waals surface area contributed by atoms with Crippen LogP contribution in [0.25, 0.3) is 0 Å². The van der Waals surface area contributed by atoms with E-state index in [9.17, 15) is 4.79 Å². The van der Waals surface area contributed by atoms with Crippen LogP contribution < -0.4 is 16.8 Å². The van der Waals surface area contributed by atoms with Gasteiger partial charge in [0.1, 0.15) is 0 Å². The molecule has 0 aliphatic carbocycles. The summed E-state index contributed by atoms with van der Waals surface area (Å²) in [5.74, 6) is -0.686. The second-order valence-corrected chi connectivity index (χ2v) is 4.74. The van der Waals surface area contributed by atoms with Crippen LogP contribution in [0.3, 0.4) is 0 Å². The first-order chi connectivity index (χ1) is 9.61. The highest BCUT2D eigenvalue weighted by molar-refractivity contribution is 5.90. The smallest absolute Gasteiger partial charge is 0.335 e. The fourth-order valence-corrected chi connectivity index (χ4v) is 2.25. The number of nitrogen functional groups attached to an aromatic ring is 1. The van der Waals surface area contributed by atoms with Crippen molar-refractivity contribution in [2.24, 2.45) is 11.7 Å². The molecule has 1 fully saturated rings. The number of hydrogen-bond acceptors (Lipinski definition) is 5. The molecule has 20 heavy (non-hydrogen) atoms. The fourth-order valence-electron chi connectivity index (χ4n) is 2.25. The summed E-state index contributed by atoms with van der Waals surface area (Å²) in [6.45, 7) is 1.44. The molecule has 0 atom stereocenters. The van der Waals surface area contributed by atoms with Gasteiger partial charge in [-0.2, -0.15) is 0 Å². The summed E-state index contributed by atoms with van der Waals surface area (Å²) in [5, 5.41) is 12.1. The normalized spacial score (nSPS) is 16.9. The molecule has 1 aliphatic heterocycles. The number of aromatic carboxylic acids is 1. The Morgan fingerprint density at radius 3 is 2.65 bits per heavy atom. The molecule has 0 saturated carbocycles. The monoisotopic (exact) mass is 277 g/mol. The van der Waals surface area contributed by atoms with E-state index in [2.05, 4.69) is 5.32 Å². The number of nitrogens with one attached hydrogen (secondary N) is 1. The SMILES string of the molecule is N/C=C(\Nc1ccc(C(=O)O)cc1N)C1CCOCC1. The molecule has 0 radical (unpaired) electrons. The van der Waals surface area contributed by atoms with E-state index in [4.69, 9.17) is 21.3 Å². The average molecular weight is 277 g/mol. The van der Waals surface area contributed by atoms with E-state index < -0.39 is 5.97 Å². The van der Waals surface area contributed by atoms with Gasteiger partial charge in [0.05, 0.1) is 16.9 Å².